The highest BCUT2D eigenvalue weighted by Gasteiger charge is 2.16. The van der Waals surface area contributed by atoms with Crippen LogP contribution in [0, 0.1) is 17.0 Å². The third-order valence-corrected chi connectivity index (χ3v) is 5.19. The second-order valence-corrected chi connectivity index (χ2v) is 7.83. The monoisotopic (exact) mass is 411 g/mol. The number of aromatic nitrogens is 1. The summed E-state index contributed by atoms with van der Waals surface area (Å²) >= 11 is 1.39. The molecule has 3 rings (SSSR count). The number of thiazole rings is 1. The number of non-ortho nitro benzene ring substituents is 1. The molecule has 1 aromatic heterocycles. The second kappa shape index (κ2) is 8.83. The number of benzene rings is 2. The molecular weight excluding hydrogens is 390 g/mol. The second-order valence-electron chi connectivity index (χ2n) is 6.74. The summed E-state index contributed by atoms with van der Waals surface area (Å²) in [5.74, 6) is 0.247. The van der Waals surface area contributed by atoms with Crippen molar-refractivity contribution in [3.63, 3.8) is 0 Å². The van der Waals surface area contributed by atoms with Gasteiger partial charge in [0.05, 0.1) is 22.3 Å². The number of nitro groups is 1. The Morgan fingerprint density at radius 1 is 1.21 bits per heavy atom. The molecule has 0 fully saturated rings. The number of anilines is 1. The number of carbonyl (C=O) groups excluding carboxylic acids is 1. The highest BCUT2D eigenvalue weighted by molar-refractivity contribution is 7.15. The van der Waals surface area contributed by atoms with Gasteiger partial charge in [0.2, 0.25) is 0 Å². The zero-order valence-electron chi connectivity index (χ0n) is 16.3. The fourth-order valence-corrected chi connectivity index (χ4v) is 3.73. The van der Waals surface area contributed by atoms with Crippen molar-refractivity contribution in [1.29, 1.82) is 0 Å². The van der Waals surface area contributed by atoms with Crippen molar-refractivity contribution in [2.24, 2.45) is 0 Å². The van der Waals surface area contributed by atoms with Gasteiger partial charge in [-0.3, -0.25) is 20.2 Å². The average molecular weight is 411 g/mol. The lowest BCUT2D eigenvalue weighted by Crippen LogP contribution is -2.15. The number of rotatable bonds is 7. The summed E-state index contributed by atoms with van der Waals surface area (Å²) in [7, 11) is 0. The van der Waals surface area contributed by atoms with E-state index in [1.807, 2.05) is 26.8 Å². The number of carbonyl (C=O) groups is 1. The van der Waals surface area contributed by atoms with Crippen molar-refractivity contribution < 1.29 is 14.5 Å². The molecule has 0 radical (unpaired) electrons. The fourth-order valence-electron chi connectivity index (χ4n) is 2.74. The van der Waals surface area contributed by atoms with Crippen LogP contribution >= 0.6 is 11.3 Å². The molecule has 1 amide bonds. The van der Waals surface area contributed by atoms with Gasteiger partial charge < -0.3 is 4.74 Å². The molecule has 150 valence electrons. The van der Waals surface area contributed by atoms with Crippen molar-refractivity contribution in [2.45, 2.75) is 33.3 Å². The van der Waals surface area contributed by atoms with Gasteiger partial charge in [0, 0.05) is 23.4 Å². The minimum absolute atomic E-state index is 0.0423. The SMILES string of the molecule is Cc1nc(NC(=O)c2ccccc2OC(C)C)sc1Cc1ccc([N+](=O)[O-])cc1. The Morgan fingerprint density at radius 3 is 2.55 bits per heavy atom. The first kappa shape index (κ1) is 20.5. The van der Waals surface area contributed by atoms with Crippen LogP contribution in [0.5, 0.6) is 5.75 Å². The molecule has 1 N–H and O–H groups in total. The Balaban J connectivity index is 1.74. The topological polar surface area (TPSA) is 94.4 Å². The Bertz CT molecular complexity index is 1030. The fraction of sp³-hybridized carbons (Fsp3) is 0.238. The number of ether oxygens (including phenoxy) is 1. The summed E-state index contributed by atoms with van der Waals surface area (Å²) in [6.07, 6.45) is 0.545. The van der Waals surface area contributed by atoms with Crippen LogP contribution in [0.3, 0.4) is 0 Å². The van der Waals surface area contributed by atoms with E-state index in [2.05, 4.69) is 10.3 Å². The highest BCUT2D eigenvalue weighted by atomic mass is 32.1. The molecule has 0 aliphatic rings. The molecule has 8 heteroatoms. The summed E-state index contributed by atoms with van der Waals surface area (Å²) in [5, 5.41) is 14.1. The highest BCUT2D eigenvalue weighted by Crippen LogP contribution is 2.27. The first-order valence-electron chi connectivity index (χ1n) is 9.10. The third-order valence-electron chi connectivity index (χ3n) is 4.12. The Labute approximate surface area is 172 Å². The van der Waals surface area contributed by atoms with E-state index in [1.165, 1.54) is 23.5 Å². The molecule has 0 aliphatic heterocycles. The van der Waals surface area contributed by atoms with Gasteiger partial charge in [-0.15, -0.1) is 11.3 Å². The molecule has 0 bridgehead atoms. The van der Waals surface area contributed by atoms with Gasteiger partial charge in [0.25, 0.3) is 11.6 Å². The predicted molar refractivity (Wildman–Crippen MR) is 113 cm³/mol. The lowest BCUT2D eigenvalue weighted by Gasteiger charge is -2.13. The zero-order valence-corrected chi connectivity index (χ0v) is 17.2. The average Bonchev–Trinajstić information content (AvgIpc) is 3.01. The maximum Gasteiger partial charge on any atom is 0.269 e. The zero-order chi connectivity index (χ0) is 21.0. The molecule has 0 saturated heterocycles. The minimum atomic E-state index is -0.420. The number of hydrogen-bond donors (Lipinski definition) is 1. The molecule has 1 heterocycles. The van der Waals surface area contributed by atoms with Gasteiger partial charge in [-0.05, 0) is 38.5 Å². The van der Waals surface area contributed by atoms with Crippen molar-refractivity contribution in [1.82, 2.24) is 4.98 Å². The maximum absolute atomic E-state index is 12.7. The van der Waals surface area contributed by atoms with Gasteiger partial charge in [0.15, 0.2) is 5.13 Å². The molecule has 0 atom stereocenters. The van der Waals surface area contributed by atoms with Crippen LogP contribution in [0.1, 0.15) is 40.3 Å². The number of nitrogens with zero attached hydrogens (tertiary/aromatic N) is 2. The normalized spacial score (nSPS) is 10.8. The van der Waals surface area contributed by atoms with E-state index in [-0.39, 0.29) is 17.7 Å². The standard InChI is InChI=1S/C21H21N3O4S/c1-13(2)28-18-7-5-4-6-17(18)20(25)23-21-22-14(3)19(29-21)12-15-8-10-16(11-9-15)24(26)27/h4-11,13H,12H2,1-3H3,(H,22,23,25). The minimum Gasteiger partial charge on any atom is -0.490 e. The Hall–Kier alpha value is -3.26. The van der Waals surface area contributed by atoms with E-state index in [9.17, 15) is 14.9 Å². The van der Waals surface area contributed by atoms with E-state index in [0.29, 0.717) is 22.9 Å². The number of aryl methyl sites for hydroxylation is 1. The Morgan fingerprint density at radius 2 is 1.90 bits per heavy atom. The van der Waals surface area contributed by atoms with Crippen LogP contribution in [0.2, 0.25) is 0 Å². The Kier molecular flexibility index (Phi) is 6.23. The number of amides is 1. The molecule has 0 saturated carbocycles. The van der Waals surface area contributed by atoms with Gasteiger partial charge in [0.1, 0.15) is 5.75 Å². The number of nitro benzene ring substituents is 1. The molecule has 0 unspecified atom stereocenters. The van der Waals surface area contributed by atoms with Crippen LogP contribution in [0.4, 0.5) is 10.8 Å². The summed E-state index contributed by atoms with van der Waals surface area (Å²) in [4.78, 5) is 28.5. The predicted octanol–water partition coefficient (Wildman–Crippen LogP) is 4.99. The molecule has 3 aromatic rings. The maximum atomic E-state index is 12.7. The lowest BCUT2D eigenvalue weighted by atomic mass is 10.1. The van der Waals surface area contributed by atoms with Crippen molar-refractivity contribution >= 4 is 28.1 Å². The first-order chi connectivity index (χ1) is 13.8. The number of hydrogen-bond acceptors (Lipinski definition) is 6. The van der Waals surface area contributed by atoms with Crippen molar-refractivity contribution in [3.8, 4) is 5.75 Å². The smallest absolute Gasteiger partial charge is 0.269 e. The van der Waals surface area contributed by atoms with Crippen LogP contribution in [0.25, 0.3) is 0 Å². The van der Waals surface area contributed by atoms with Gasteiger partial charge in [-0.1, -0.05) is 24.3 Å². The molecule has 7 nitrogen and oxygen atoms in total. The van der Waals surface area contributed by atoms with Gasteiger partial charge in [-0.25, -0.2) is 4.98 Å². The van der Waals surface area contributed by atoms with Crippen LogP contribution in [-0.2, 0) is 6.42 Å². The van der Waals surface area contributed by atoms with E-state index in [4.69, 9.17) is 4.74 Å². The molecule has 0 aliphatic carbocycles. The van der Waals surface area contributed by atoms with Crippen LogP contribution in [-0.4, -0.2) is 21.9 Å². The summed E-state index contributed by atoms with van der Waals surface area (Å²) in [6, 6.07) is 13.5. The van der Waals surface area contributed by atoms with E-state index < -0.39 is 4.92 Å². The molecule has 2 aromatic carbocycles. The summed E-state index contributed by atoms with van der Waals surface area (Å²) in [6.45, 7) is 5.69. The van der Waals surface area contributed by atoms with Gasteiger partial charge >= 0.3 is 0 Å². The molecule has 29 heavy (non-hydrogen) atoms. The van der Waals surface area contributed by atoms with Crippen LogP contribution < -0.4 is 10.1 Å². The van der Waals surface area contributed by atoms with Gasteiger partial charge in [-0.2, -0.15) is 0 Å². The number of nitrogens with one attached hydrogen (secondary N) is 1. The third kappa shape index (κ3) is 5.17. The largest absolute Gasteiger partial charge is 0.490 e. The number of para-hydroxylation sites is 1. The van der Waals surface area contributed by atoms with E-state index in [1.54, 1.807) is 30.3 Å². The van der Waals surface area contributed by atoms with Crippen molar-refractivity contribution in [3.05, 3.63) is 80.3 Å². The lowest BCUT2D eigenvalue weighted by molar-refractivity contribution is -0.384. The summed E-state index contributed by atoms with van der Waals surface area (Å²) < 4.78 is 5.71. The first-order valence-corrected chi connectivity index (χ1v) is 9.92. The molecule has 0 spiro atoms. The van der Waals surface area contributed by atoms with E-state index in [0.717, 1.165) is 16.1 Å². The molecular formula is C21H21N3O4S. The van der Waals surface area contributed by atoms with E-state index >= 15 is 0 Å². The quantitative estimate of drug-likeness (QED) is 0.437. The van der Waals surface area contributed by atoms with Crippen LogP contribution in [0.15, 0.2) is 48.5 Å². The van der Waals surface area contributed by atoms with Crippen molar-refractivity contribution in [2.75, 3.05) is 5.32 Å². The summed E-state index contributed by atoms with van der Waals surface area (Å²) in [5.41, 5.74) is 2.27.